The van der Waals surface area contributed by atoms with Gasteiger partial charge in [0.25, 0.3) is 0 Å². The van der Waals surface area contributed by atoms with Crippen molar-refractivity contribution in [3.8, 4) is 16.3 Å². The van der Waals surface area contributed by atoms with Crippen LogP contribution in [-0.4, -0.2) is 10.8 Å². The van der Waals surface area contributed by atoms with Crippen molar-refractivity contribution < 1.29 is 9.53 Å². The van der Waals surface area contributed by atoms with E-state index in [1.807, 2.05) is 29.6 Å². The summed E-state index contributed by atoms with van der Waals surface area (Å²) in [5, 5.41) is 3.63. The normalized spacial score (nSPS) is 10.5. The fraction of sp³-hybridized carbons (Fsp3) is 0.111. The highest BCUT2D eigenvalue weighted by Gasteiger charge is 2.06. The summed E-state index contributed by atoms with van der Waals surface area (Å²) < 4.78 is 5.71. The van der Waals surface area contributed by atoms with Gasteiger partial charge in [0.2, 0.25) is 0 Å². The molecule has 3 rings (SSSR count). The van der Waals surface area contributed by atoms with Crippen LogP contribution in [0.25, 0.3) is 10.6 Å². The summed E-state index contributed by atoms with van der Waals surface area (Å²) in [7, 11) is 0. The lowest BCUT2D eigenvalue weighted by molar-refractivity contribution is 0.101. The van der Waals surface area contributed by atoms with Crippen LogP contribution in [0.5, 0.6) is 5.75 Å². The van der Waals surface area contributed by atoms with Gasteiger partial charge in [-0.05, 0) is 43.3 Å². The number of rotatable bonds is 5. The van der Waals surface area contributed by atoms with E-state index in [0.29, 0.717) is 17.2 Å². The average molecular weight is 344 g/mol. The molecule has 0 saturated carbocycles. The molecule has 0 atom stereocenters. The molecule has 1 aromatic heterocycles. The van der Waals surface area contributed by atoms with Gasteiger partial charge >= 0.3 is 0 Å². The third kappa shape index (κ3) is 3.97. The van der Waals surface area contributed by atoms with Gasteiger partial charge < -0.3 is 4.74 Å². The van der Waals surface area contributed by atoms with Crippen molar-refractivity contribution in [2.75, 3.05) is 0 Å². The van der Waals surface area contributed by atoms with Gasteiger partial charge in [-0.15, -0.1) is 11.3 Å². The molecule has 0 radical (unpaired) electrons. The minimum absolute atomic E-state index is 0.0451. The summed E-state index contributed by atoms with van der Waals surface area (Å²) in [5.74, 6) is 0.764. The van der Waals surface area contributed by atoms with Gasteiger partial charge in [0, 0.05) is 21.5 Å². The number of carbonyl (C=O) groups is 1. The molecule has 23 heavy (non-hydrogen) atoms. The summed E-state index contributed by atoms with van der Waals surface area (Å²) in [6.45, 7) is 1.94. The van der Waals surface area contributed by atoms with Crippen LogP contribution in [0, 0.1) is 0 Å². The van der Waals surface area contributed by atoms with Crippen molar-refractivity contribution in [3.05, 3.63) is 70.2 Å². The third-order valence-electron chi connectivity index (χ3n) is 3.29. The summed E-state index contributed by atoms with van der Waals surface area (Å²) in [4.78, 5) is 15.8. The van der Waals surface area contributed by atoms with E-state index in [-0.39, 0.29) is 5.78 Å². The van der Waals surface area contributed by atoms with Crippen molar-refractivity contribution in [2.24, 2.45) is 0 Å². The van der Waals surface area contributed by atoms with E-state index in [2.05, 4.69) is 4.98 Å². The highest BCUT2D eigenvalue weighted by molar-refractivity contribution is 7.13. The van der Waals surface area contributed by atoms with Gasteiger partial charge in [-0.2, -0.15) is 0 Å². The molecule has 0 fully saturated rings. The molecule has 0 N–H and O–H groups in total. The van der Waals surface area contributed by atoms with Crippen molar-refractivity contribution in [2.45, 2.75) is 13.5 Å². The van der Waals surface area contributed by atoms with Crippen LogP contribution in [0.2, 0.25) is 5.02 Å². The molecule has 0 unspecified atom stereocenters. The molecular weight excluding hydrogens is 330 g/mol. The zero-order valence-corrected chi connectivity index (χ0v) is 14.0. The molecule has 5 heteroatoms. The Morgan fingerprint density at radius 1 is 1.13 bits per heavy atom. The molecule has 1 heterocycles. The maximum absolute atomic E-state index is 11.2. The van der Waals surface area contributed by atoms with E-state index in [4.69, 9.17) is 16.3 Å². The molecule has 0 aliphatic heterocycles. The summed E-state index contributed by atoms with van der Waals surface area (Å²) in [5.41, 5.74) is 2.59. The zero-order chi connectivity index (χ0) is 16.2. The Morgan fingerprint density at radius 3 is 2.48 bits per heavy atom. The van der Waals surface area contributed by atoms with Crippen LogP contribution >= 0.6 is 22.9 Å². The predicted molar refractivity (Wildman–Crippen MR) is 93.3 cm³/mol. The fourth-order valence-electron chi connectivity index (χ4n) is 2.04. The first-order valence-corrected chi connectivity index (χ1v) is 8.32. The Bertz CT molecular complexity index is 810. The highest BCUT2D eigenvalue weighted by atomic mass is 35.5. The number of hydrogen-bond donors (Lipinski definition) is 0. The van der Waals surface area contributed by atoms with Crippen molar-refractivity contribution >= 4 is 28.7 Å². The number of ketones is 1. The van der Waals surface area contributed by atoms with E-state index >= 15 is 0 Å². The molecule has 3 nitrogen and oxygen atoms in total. The maximum Gasteiger partial charge on any atom is 0.159 e. The molecule has 3 aromatic rings. The molecule has 0 bridgehead atoms. The average Bonchev–Trinajstić information content (AvgIpc) is 3.03. The Balaban J connectivity index is 1.65. The Hall–Kier alpha value is -2.17. The molecular formula is C18H14ClNO2S. The fourth-order valence-corrected chi connectivity index (χ4v) is 2.98. The minimum Gasteiger partial charge on any atom is -0.487 e. The first-order chi connectivity index (χ1) is 11.1. The van der Waals surface area contributed by atoms with Crippen LogP contribution in [-0.2, 0) is 6.61 Å². The van der Waals surface area contributed by atoms with Gasteiger partial charge in [0.05, 0.1) is 5.69 Å². The van der Waals surface area contributed by atoms with Crippen LogP contribution < -0.4 is 4.74 Å². The number of halogens is 1. The second-order valence-electron chi connectivity index (χ2n) is 5.02. The van der Waals surface area contributed by atoms with E-state index in [9.17, 15) is 4.79 Å². The topological polar surface area (TPSA) is 39.2 Å². The lowest BCUT2D eigenvalue weighted by atomic mass is 10.1. The summed E-state index contributed by atoms with van der Waals surface area (Å²) in [6.07, 6.45) is 0. The molecule has 0 amide bonds. The minimum atomic E-state index is 0.0451. The second-order valence-corrected chi connectivity index (χ2v) is 6.31. The van der Waals surface area contributed by atoms with Crippen LogP contribution in [0.15, 0.2) is 53.9 Å². The molecule has 0 aliphatic rings. The molecule has 0 aliphatic carbocycles. The van der Waals surface area contributed by atoms with Gasteiger partial charge in [-0.25, -0.2) is 4.98 Å². The van der Waals surface area contributed by atoms with Gasteiger partial charge in [0.1, 0.15) is 17.4 Å². The van der Waals surface area contributed by atoms with Crippen LogP contribution in [0.3, 0.4) is 0 Å². The van der Waals surface area contributed by atoms with Crippen LogP contribution in [0.4, 0.5) is 0 Å². The lowest BCUT2D eigenvalue weighted by Crippen LogP contribution is -1.97. The number of aromatic nitrogens is 1. The van der Waals surface area contributed by atoms with Gasteiger partial charge in [-0.3, -0.25) is 4.79 Å². The Morgan fingerprint density at radius 2 is 1.83 bits per heavy atom. The summed E-state index contributed by atoms with van der Waals surface area (Å²) >= 11 is 7.47. The number of nitrogens with zero attached hydrogens (tertiary/aromatic N) is 1. The summed E-state index contributed by atoms with van der Waals surface area (Å²) in [6, 6.07) is 14.7. The second kappa shape index (κ2) is 6.94. The standard InChI is InChI=1S/C18H14ClNO2S/c1-12(21)13-4-8-17(9-5-13)22-10-16-11-23-18(20-16)14-2-6-15(19)7-3-14/h2-9,11H,10H2,1H3. The molecule has 0 saturated heterocycles. The monoisotopic (exact) mass is 343 g/mol. The van der Waals surface area contributed by atoms with E-state index in [1.54, 1.807) is 42.5 Å². The number of Topliss-reactive ketones (excluding diaryl/α,β-unsaturated/α-hetero) is 1. The molecule has 2 aromatic carbocycles. The van der Waals surface area contributed by atoms with Crippen molar-refractivity contribution in [1.29, 1.82) is 0 Å². The number of benzene rings is 2. The highest BCUT2D eigenvalue weighted by Crippen LogP contribution is 2.25. The van der Waals surface area contributed by atoms with Crippen molar-refractivity contribution in [1.82, 2.24) is 4.98 Å². The number of ether oxygens (including phenoxy) is 1. The SMILES string of the molecule is CC(=O)c1ccc(OCc2csc(-c3ccc(Cl)cc3)n2)cc1. The van der Waals surface area contributed by atoms with Crippen molar-refractivity contribution in [3.63, 3.8) is 0 Å². The van der Waals surface area contributed by atoms with E-state index < -0.39 is 0 Å². The number of hydrogen-bond acceptors (Lipinski definition) is 4. The van der Waals surface area contributed by atoms with Gasteiger partial charge in [0.15, 0.2) is 5.78 Å². The largest absolute Gasteiger partial charge is 0.487 e. The Labute approximate surface area is 143 Å². The van der Waals surface area contributed by atoms with Gasteiger partial charge in [-0.1, -0.05) is 23.7 Å². The third-order valence-corrected chi connectivity index (χ3v) is 4.48. The number of carbonyl (C=O) groups excluding carboxylic acids is 1. The first kappa shape index (κ1) is 15.7. The predicted octanol–water partition coefficient (Wildman–Crippen LogP) is 5.25. The van der Waals surface area contributed by atoms with Crippen LogP contribution in [0.1, 0.15) is 23.0 Å². The molecule has 116 valence electrons. The smallest absolute Gasteiger partial charge is 0.159 e. The Kier molecular flexibility index (Phi) is 4.74. The first-order valence-electron chi connectivity index (χ1n) is 7.06. The maximum atomic E-state index is 11.2. The molecule has 0 spiro atoms. The zero-order valence-electron chi connectivity index (χ0n) is 12.5. The van der Waals surface area contributed by atoms with E-state index in [1.165, 1.54) is 0 Å². The number of thiazole rings is 1. The van der Waals surface area contributed by atoms with E-state index in [0.717, 1.165) is 22.0 Å². The quantitative estimate of drug-likeness (QED) is 0.594. The lowest BCUT2D eigenvalue weighted by Gasteiger charge is -2.04.